The number of benzene rings is 2. The molecule has 1 amide bonds. The molecule has 7 heteroatoms. The van der Waals surface area contributed by atoms with Gasteiger partial charge in [0.2, 0.25) is 5.91 Å². The Hall–Kier alpha value is -2.15. The Balaban J connectivity index is 1.49. The second kappa shape index (κ2) is 9.17. The Bertz CT molecular complexity index is 772. The van der Waals surface area contributed by atoms with E-state index >= 15 is 0 Å². The number of hydrogen-bond donors (Lipinski definition) is 2. The summed E-state index contributed by atoms with van der Waals surface area (Å²) in [5.41, 5.74) is 6.86. The van der Waals surface area contributed by atoms with E-state index in [-0.39, 0.29) is 23.7 Å². The summed E-state index contributed by atoms with van der Waals surface area (Å²) < 4.78 is 19.2. The molecule has 27 heavy (non-hydrogen) atoms. The summed E-state index contributed by atoms with van der Waals surface area (Å²) in [6, 6.07) is 13.3. The molecular weight excluding hydrogens is 369 g/mol. The van der Waals surface area contributed by atoms with Crippen molar-refractivity contribution in [2.24, 2.45) is 5.92 Å². The number of halogens is 2. The lowest BCUT2D eigenvalue weighted by Gasteiger charge is -2.24. The van der Waals surface area contributed by atoms with E-state index in [1.54, 1.807) is 30.1 Å². The van der Waals surface area contributed by atoms with E-state index < -0.39 is 0 Å². The predicted octanol–water partition coefficient (Wildman–Crippen LogP) is 3.17. The zero-order valence-corrected chi connectivity index (χ0v) is 15.9. The number of nitrogens with one attached hydrogen (secondary N) is 2. The highest BCUT2D eigenvalue weighted by Crippen LogP contribution is 2.26. The van der Waals surface area contributed by atoms with Crippen LogP contribution in [0.2, 0.25) is 5.02 Å². The minimum atomic E-state index is -0.305. The van der Waals surface area contributed by atoms with E-state index in [9.17, 15) is 9.18 Å². The molecule has 2 aromatic carbocycles. The zero-order valence-electron chi connectivity index (χ0n) is 15.1. The van der Waals surface area contributed by atoms with E-state index in [2.05, 4.69) is 10.9 Å². The molecule has 1 fully saturated rings. The number of rotatable bonds is 7. The molecule has 0 aliphatic carbocycles. The van der Waals surface area contributed by atoms with Gasteiger partial charge in [-0.15, -0.1) is 0 Å². The summed E-state index contributed by atoms with van der Waals surface area (Å²) in [7, 11) is 1.78. The van der Waals surface area contributed by atoms with E-state index in [0.29, 0.717) is 31.1 Å². The van der Waals surface area contributed by atoms with Crippen LogP contribution >= 0.6 is 11.6 Å². The van der Waals surface area contributed by atoms with Crippen LogP contribution in [0.4, 0.5) is 4.39 Å². The van der Waals surface area contributed by atoms with E-state index in [1.165, 1.54) is 12.1 Å². The van der Waals surface area contributed by atoms with Crippen molar-refractivity contribution < 1.29 is 13.9 Å². The first-order valence-electron chi connectivity index (χ1n) is 8.92. The first kappa shape index (κ1) is 19.6. The van der Waals surface area contributed by atoms with Gasteiger partial charge in [0.15, 0.2) is 0 Å². The standard InChI is InChI=1S/C20H23ClFN3O2/c1-25(10-3-11-27-17-8-6-15(21)7-9-17)20(26)18-13-23-24-19(18)14-4-2-5-16(22)12-14/h2,4-9,12,18-19,23-24H,3,10-11,13H2,1H3. The molecule has 2 N–H and O–H groups in total. The van der Waals surface area contributed by atoms with Crippen LogP contribution in [0.3, 0.4) is 0 Å². The summed E-state index contributed by atoms with van der Waals surface area (Å²) in [6.07, 6.45) is 0.711. The molecule has 2 atom stereocenters. The molecule has 0 saturated carbocycles. The van der Waals surface area contributed by atoms with Crippen molar-refractivity contribution in [3.63, 3.8) is 0 Å². The predicted molar refractivity (Wildman–Crippen MR) is 103 cm³/mol. The lowest BCUT2D eigenvalue weighted by atomic mass is 9.93. The highest BCUT2D eigenvalue weighted by molar-refractivity contribution is 6.30. The van der Waals surface area contributed by atoms with Crippen LogP contribution in [0.5, 0.6) is 5.75 Å². The van der Waals surface area contributed by atoms with Gasteiger partial charge in [0.05, 0.1) is 18.6 Å². The van der Waals surface area contributed by atoms with E-state index in [1.807, 2.05) is 18.2 Å². The number of amides is 1. The van der Waals surface area contributed by atoms with Crippen molar-refractivity contribution in [3.8, 4) is 5.75 Å². The third-order valence-electron chi connectivity index (χ3n) is 4.60. The van der Waals surface area contributed by atoms with Gasteiger partial charge in [0, 0.05) is 25.2 Å². The Morgan fingerprint density at radius 3 is 2.81 bits per heavy atom. The summed E-state index contributed by atoms with van der Waals surface area (Å²) >= 11 is 5.85. The molecule has 2 unspecified atom stereocenters. The van der Waals surface area contributed by atoms with Gasteiger partial charge in [-0.25, -0.2) is 9.82 Å². The van der Waals surface area contributed by atoms with E-state index in [0.717, 1.165) is 11.3 Å². The van der Waals surface area contributed by atoms with Crippen LogP contribution in [-0.2, 0) is 4.79 Å². The van der Waals surface area contributed by atoms with Crippen molar-refractivity contribution in [1.29, 1.82) is 0 Å². The molecule has 3 rings (SSSR count). The maximum Gasteiger partial charge on any atom is 0.228 e. The molecular formula is C20H23ClFN3O2. The van der Waals surface area contributed by atoms with Crippen molar-refractivity contribution >= 4 is 17.5 Å². The zero-order chi connectivity index (χ0) is 19.2. The van der Waals surface area contributed by atoms with Crippen LogP contribution in [0, 0.1) is 11.7 Å². The highest BCUT2D eigenvalue weighted by atomic mass is 35.5. The molecule has 0 spiro atoms. The normalized spacial score (nSPS) is 19.1. The van der Waals surface area contributed by atoms with Crippen molar-refractivity contribution in [1.82, 2.24) is 15.8 Å². The van der Waals surface area contributed by atoms with Crippen molar-refractivity contribution in [2.45, 2.75) is 12.5 Å². The number of hydrazine groups is 1. The number of hydrogen-bond acceptors (Lipinski definition) is 4. The second-order valence-corrected chi connectivity index (χ2v) is 7.02. The van der Waals surface area contributed by atoms with Crippen molar-refractivity contribution in [2.75, 3.05) is 26.7 Å². The van der Waals surface area contributed by atoms with Gasteiger partial charge in [-0.05, 0) is 48.4 Å². The molecule has 1 heterocycles. The highest BCUT2D eigenvalue weighted by Gasteiger charge is 2.35. The van der Waals surface area contributed by atoms with Gasteiger partial charge in [-0.3, -0.25) is 10.2 Å². The first-order chi connectivity index (χ1) is 13.0. The number of nitrogens with zero attached hydrogens (tertiary/aromatic N) is 1. The largest absolute Gasteiger partial charge is 0.494 e. The van der Waals surface area contributed by atoms with Gasteiger partial charge in [0.1, 0.15) is 11.6 Å². The Morgan fingerprint density at radius 2 is 2.07 bits per heavy atom. The van der Waals surface area contributed by atoms with Crippen LogP contribution < -0.4 is 15.6 Å². The Morgan fingerprint density at radius 1 is 1.30 bits per heavy atom. The van der Waals surface area contributed by atoms with Gasteiger partial charge in [-0.2, -0.15) is 0 Å². The molecule has 1 aliphatic heterocycles. The molecule has 0 radical (unpaired) electrons. The van der Waals surface area contributed by atoms with Crippen LogP contribution in [0.15, 0.2) is 48.5 Å². The summed E-state index contributed by atoms with van der Waals surface area (Å²) in [4.78, 5) is 14.5. The fourth-order valence-electron chi connectivity index (χ4n) is 3.16. The van der Waals surface area contributed by atoms with Gasteiger partial charge in [0.25, 0.3) is 0 Å². The minimum Gasteiger partial charge on any atom is -0.494 e. The fraction of sp³-hybridized carbons (Fsp3) is 0.350. The van der Waals surface area contributed by atoms with Gasteiger partial charge < -0.3 is 9.64 Å². The molecule has 144 valence electrons. The van der Waals surface area contributed by atoms with Crippen LogP contribution in [0.1, 0.15) is 18.0 Å². The fourth-order valence-corrected chi connectivity index (χ4v) is 3.28. The molecule has 0 aromatic heterocycles. The average Bonchev–Trinajstić information content (AvgIpc) is 3.15. The number of ether oxygens (including phenoxy) is 1. The summed E-state index contributed by atoms with van der Waals surface area (Å²) in [5.74, 6) is 0.186. The lowest BCUT2D eigenvalue weighted by Crippen LogP contribution is -2.37. The average molecular weight is 392 g/mol. The molecule has 1 saturated heterocycles. The molecule has 2 aromatic rings. The maximum atomic E-state index is 13.5. The Kier molecular flexibility index (Phi) is 6.66. The topological polar surface area (TPSA) is 53.6 Å². The first-order valence-corrected chi connectivity index (χ1v) is 9.29. The summed E-state index contributed by atoms with van der Waals surface area (Å²) in [5, 5.41) is 0.666. The monoisotopic (exact) mass is 391 g/mol. The third kappa shape index (κ3) is 5.19. The molecule has 5 nitrogen and oxygen atoms in total. The molecule has 1 aliphatic rings. The SMILES string of the molecule is CN(CCCOc1ccc(Cl)cc1)C(=O)C1CNNC1c1cccc(F)c1. The smallest absolute Gasteiger partial charge is 0.228 e. The van der Waals surface area contributed by atoms with Crippen LogP contribution in [0.25, 0.3) is 0 Å². The van der Waals surface area contributed by atoms with Gasteiger partial charge in [-0.1, -0.05) is 23.7 Å². The Labute approximate surface area is 163 Å². The quantitative estimate of drug-likeness (QED) is 0.712. The number of carbonyl (C=O) groups is 1. The van der Waals surface area contributed by atoms with E-state index in [4.69, 9.17) is 16.3 Å². The minimum absolute atomic E-state index is 0.0215. The maximum absolute atomic E-state index is 13.5. The van der Waals surface area contributed by atoms with Crippen LogP contribution in [-0.4, -0.2) is 37.6 Å². The van der Waals surface area contributed by atoms with Crippen molar-refractivity contribution in [3.05, 3.63) is 64.9 Å². The van der Waals surface area contributed by atoms with Gasteiger partial charge >= 0.3 is 0 Å². The second-order valence-electron chi connectivity index (χ2n) is 6.58. The summed E-state index contributed by atoms with van der Waals surface area (Å²) in [6.45, 7) is 1.60. The number of carbonyl (C=O) groups excluding carboxylic acids is 1. The third-order valence-corrected chi connectivity index (χ3v) is 4.86. The lowest BCUT2D eigenvalue weighted by molar-refractivity contribution is -0.134. The molecule has 0 bridgehead atoms.